The van der Waals surface area contributed by atoms with E-state index in [9.17, 15) is 9.59 Å². The van der Waals surface area contributed by atoms with Crippen molar-refractivity contribution in [3.8, 4) is 5.75 Å². The molecule has 25 heavy (non-hydrogen) atoms. The largest absolute Gasteiger partial charge is 0.497 e. The number of amides is 1. The summed E-state index contributed by atoms with van der Waals surface area (Å²) in [4.78, 5) is 25.6. The summed E-state index contributed by atoms with van der Waals surface area (Å²) >= 11 is 1.71. The summed E-state index contributed by atoms with van der Waals surface area (Å²) in [6.07, 6.45) is 1.54. The Balaban J connectivity index is 1.95. The highest BCUT2D eigenvalue weighted by molar-refractivity contribution is 7.99. The molecule has 1 aliphatic rings. The van der Waals surface area contributed by atoms with Crippen LogP contribution < -0.4 is 4.74 Å². The van der Waals surface area contributed by atoms with Crippen LogP contribution in [-0.4, -0.2) is 55.6 Å². The van der Waals surface area contributed by atoms with Crippen molar-refractivity contribution >= 4 is 23.8 Å². The van der Waals surface area contributed by atoms with E-state index < -0.39 is 18.1 Å². The van der Waals surface area contributed by atoms with E-state index >= 15 is 0 Å². The van der Waals surface area contributed by atoms with Gasteiger partial charge in [0.1, 0.15) is 18.4 Å². The van der Waals surface area contributed by atoms with E-state index in [1.54, 1.807) is 18.9 Å². The van der Waals surface area contributed by atoms with Crippen molar-refractivity contribution in [3.63, 3.8) is 0 Å². The fourth-order valence-corrected chi connectivity index (χ4v) is 3.83. The van der Waals surface area contributed by atoms with Crippen LogP contribution in [-0.2, 0) is 20.0 Å². The molecule has 2 atom stereocenters. The molecule has 136 valence electrons. The molecule has 6 nitrogen and oxygen atoms in total. The first-order chi connectivity index (χ1) is 12.1. The fourth-order valence-electron chi connectivity index (χ4n) is 2.63. The summed E-state index contributed by atoms with van der Waals surface area (Å²) < 4.78 is 15.0. The van der Waals surface area contributed by atoms with Crippen molar-refractivity contribution in [2.45, 2.75) is 23.5 Å². The van der Waals surface area contributed by atoms with Gasteiger partial charge in [-0.3, -0.25) is 4.90 Å². The molecule has 1 amide bonds. The molecule has 0 radical (unpaired) electrons. The zero-order valence-electron chi connectivity index (χ0n) is 14.5. The minimum atomic E-state index is -0.601. The van der Waals surface area contributed by atoms with Gasteiger partial charge in [0.2, 0.25) is 0 Å². The third kappa shape index (κ3) is 5.16. The molecule has 0 aliphatic carbocycles. The van der Waals surface area contributed by atoms with Gasteiger partial charge in [0.05, 0.1) is 14.2 Å². The standard InChI is InChI=1S/C18H23NO5S/c1-4-9-24-18(21)19-11-15(10-16(19)17(20)23-3)25-12-13-5-7-14(22-2)8-6-13/h4-8,15-16H,1,9-12H2,2-3H3/t15-,16-/m0/s1. The lowest BCUT2D eigenvalue weighted by Crippen LogP contribution is -2.41. The predicted octanol–water partition coefficient (Wildman–Crippen LogP) is 2.87. The van der Waals surface area contributed by atoms with Gasteiger partial charge in [-0.2, -0.15) is 11.8 Å². The first kappa shape index (κ1) is 19.2. The number of ether oxygens (including phenoxy) is 3. The Hall–Kier alpha value is -2.15. The number of methoxy groups -OCH3 is 2. The summed E-state index contributed by atoms with van der Waals surface area (Å²) in [6.45, 7) is 4.09. The van der Waals surface area contributed by atoms with Crippen LogP contribution >= 0.6 is 11.8 Å². The number of hydrogen-bond acceptors (Lipinski definition) is 6. The van der Waals surface area contributed by atoms with Gasteiger partial charge in [-0.25, -0.2) is 9.59 Å². The van der Waals surface area contributed by atoms with E-state index in [-0.39, 0.29) is 11.9 Å². The number of hydrogen-bond donors (Lipinski definition) is 0. The van der Waals surface area contributed by atoms with Crippen LogP contribution in [0.4, 0.5) is 4.79 Å². The topological polar surface area (TPSA) is 65.1 Å². The lowest BCUT2D eigenvalue weighted by atomic mass is 10.2. The average molecular weight is 365 g/mol. The maximum absolute atomic E-state index is 12.2. The molecule has 0 bridgehead atoms. The Kier molecular flexibility index (Phi) is 7.18. The Morgan fingerprint density at radius 3 is 2.64 bits per heavy atom. The lowest BCUT2D eigenvalue weighted by Gasteiger charge is -2.21. The van der Waals surface area contributed by atoms with Gasteiger partial charge in [0, 0.05) is 17.5 Å². The van der Waals surface area contributed by atoms with E-state index in [1.807, 2.05) is 24.3 Å². The number of likely N-dealkylation sites (tertiary alicyclic amines) is 1. The zero-order valence-corrected chi connectivity index (χ0v) is 15.3. The minimum absolute atomic E-state index is 0.118. The zero-order chi connectivity index (χ0) is 18.2. The van der Waals surface area contributed by atoms with Crippen LogP contribution in [0.15, 0.2) is 36.9 Å². The number of benzene rings is 1. The summed E-state index contributed by atoms with van der Waals surface area (Å²) in [6, 6.07) is 7.25. The van der Waals surface area contributed by atoms with Crippen molar-refractivity contribution in [2.24, 2.45) is 0 Å². The van der Waals surface area contributed by atoms with Crippen molar-refractivity contribution in [1.29, 1.82) is 0 Å². The van der Waals surface area contributed by atoms with Crippen LogP contribution in [0.25, 0.3) is 0 Å². The van der Waals surface area contributed by atoms with Crippen LogP contribution in [0.3, 0.4) is 0 Å². The number of carbonyl (C=O) groups is 2. The number of rotatable bonds is 7. The molecule has 1 aliphatic heterocycles. The molecule has 0 N–H and O–H groups in total. The molecule has 7 heteroatoms. The normalized spacial score (nSPS) is 19.4. The Morgan fingerprint density at radius 2 is 2.04 bits per heavy atom. The number of thioether (sulfide) groups is 1. The SMILES string of the molecule is C=CCOC(=O)N1C[C@@H](SCc2ccc(OC)cc2)C[C@H]1C(=O)OC. The molecule has 0 spiro atoms. The third-order valence-corrected chi connectivity index (χ3v) is 5.25. The van der Waals surface area contributed by atoms with Crippen LogP contribution in [0.5, 0.6) is 5.75 Å². The van der Waals surface area contributed by atoms with Gasteiger partial charge >= 0.3 is 12.1 Å². The maximum atomic E-state index is 12.2. The second-order valence-corrected chi connectivity index (χ2v) is 6.86. The van der Waals surface area contributed by atoms with Gasteiger partial charge in [-0.1, -0.05) is 24.8 Å². The van der Waals surface area contributed by atoms with Gasteiger partial charge in [-0.15, -0.1) is 0 Å². The van der Waals surface area contributed by atoms with Gasteiger partial charge in [-0.05, 0) is 24.1 Å². The monoisotopic (exact) mass is 365 g/mol. The molecule has 1 fully saturated rings. The number of nitrogens with zero attached hydrogens (tertiary/aromatic N) is 1. The smallest absolute Gasteiger partial charge is 0.410 e. The fraction of sp³-hybridized carbons (Fsp3) is 0.444. The molecule has 1 aromatic carbocycles. The van der Waals surface area contributed by atoms with E-state index in [0.717, 1.165) is 17.1 Å². The minimum Gasteiger partial charge on any atom is -0.497 e. The maximum Gasteiger partial charge on any atom is 0.410 e. The molecule has 2 rings (SSSR count). The summed E-state index contributed by atoms with van der Waals surface area (Å²) in [5, 5.41) is 0.141. The Bertz CT molecular complexity index is 604. The molecule has 0 unspecified atom stereocenters. The van der Waals surface area contributed by atoms with Crippen molar-refractivity contribution < 1.29 is 23.8 Å². The quantitative estimate of drug-likeness (QED) is 0.547. The summed E-state index contributed by atoms with van der Waals surface area (Å²) in [7, 11) is 2.96. The third-order valence-electron chi connectivity index (χ3n) is 3.94. The van der Waals surface area contributed by atoms with Crippen LogP contribution in [0.1, 0.15) is 12.0 Å². The molecule has 0 aromatic heterocycles. The Morgan fingerprint density at radius 1 is 1.32 bits per heavy atom. The van der Waals surface area contributed by atoms with Crippen molar-refractivity contribution in [3.05, 3.63) is 42.5 Å². The highest BCUT2D eigenvalue weighted by atomic mass is 32.2. The van der Waals surface area contributed by atoms with E-state index in [4.69, 9.17) is 14.2 Å². The summed E-state index contributed by atoms with van der Waals surface area (Å²) in [5.41, 5.74) is 1.16. The molecular formula is C18H23NO5S. The van der Waals surface area contributed by atoms with Crippen molar-refractivity contribution in [2.75, 3.05) is 27.4 Å². The highest BCUT2D eigenvalue weighted by Gasteiger charge is 2.41. The number of carbonyl (C=O) groups excluding carboxylic acids is 2. The lowest BCUT2D eigenvalue weighted by molar-refractivity contribution is -0.145. The van der Waals surface area contributed by atoms with Gasteiger partial charge in [0.25, 0.3) is 0 Å². The molecule has 1 aromatic rings. The number of esters is 1. The van der Waals surface area contributed by atoms with Crippen molar-refractivity contribution in [1.82, 2.24) is 4.90 Å². The Labute approximate surface area is 152 Å². The van der Waals surface area contributed by atoms with E-state index in [0.29, 0.717) is 13.0 Å². The molecule has 0 saturated carbocycles. The van der Waals surface area contributed by atoms with Gasteiger partial charge in [0.15, 0.2) is 0 Å². The summed E-state index contributed by atoms with van der Waals surface area (Å²) in [5.74, 6) is 1.19. The molecular weight excluding hydrogens is 342 g/mol. The van der Waals surface area contributed by atoms with Gasteiger partial charge < -0.3 is 14.2 Å². The predicted molar refractivity (Wildman–Crippen MR) is 96.7 cm³/mol. The average Bonchev–Trinajstić information content (AvgIpc) is 3.08. The molecule has 1 heterocycles. The second kappa shape index (κ2) is 9.36. The second-order valence-electron chi connectivity index (χ2n) is 5.57. The van der Waals surface area contributed by atoms with E-state index in [2.05, 4.69) is 6.58 Å². The first-order valence-corrected chi connectivity index (χ1v) is 9.00. The van der Waals surface area contributed by atoms with Crippen LogP contribution in [0, 0.1) is 0 Å². The highest BCUT2D eigenvalue weighted by Crippen LogP contribution is 2.31. The van der Waals surface area contributed by atoms with E-state index in [1.165, 1.54) is 18.1 Å². The first-order valence-electron chi connectivity index (χ1n) is 7.95. The van der Waals surface area contributed by atoms with Crippen LogP contribution in [0.2, 0.25) is 0 Å². The molecule has 1 saturated heterocycles.